The van der Waals surface area contributed by atoms with Crippen LogP contribution < -0.4 is 11.1 Å². The Hall–Kier alpha value is -4.81. The van der Waals surface area contributed by atoms with E-state index >= 15 is 0 Å². The zero-order valence-electron chi connectivity index (χ0n) is 21.1. The van der Waals surface area contributed by atoms with Gasteiger partial charge in [0.1, 0.15) is 23.4 Å². The third kappa shape index (κ3) is 5.89. The third-order valence-electron chi connectivity index (χ3n) is 5.52. The molecule has 3 N–H and O–H groups in total. The summed E-state index contributed by atoms with van der Waals surface area (Å²) in [7, 11) is 1.75. The first-order valence-corrected chi connectivity index (χ1v) is 11.7. The number of benzene rings is 1. The molecule has 0 aliphatic heterocycles. The predicted octanol–water partition coefficient (Wildman–Crippen LogP) is 3.84. The predicted molar refractivity (Wildman–Crippen MR) is 143 cm³/mol. The molecule has 9 heteroatoms. The van der Waals surface area contributed by atoms with E-state index in [2.05, 4.69) is 37.3 Å². The third-order valence-corrected chi connectivity index (χ3v) is 5.52. The van der Waals surface area contributed by atoms with Crippen LogP contribution in [0.2, 0.25) is 0 Å². The molecular weight excluding hydrogens is 466 g/mol. The number of nitrogen functional groups attached to an aromatic ring is 1. The largest absolute Gasteiger partial charge is 0.384 e. The number of hydrogen-bond donors (Lipinski definition) is 2. The van der Waals surface area contributed by atoms with Gasteiger partial charge in [-0.25, -0.2) is 9.97 Å². The lowest BCUT2D eigenvalue weighted by molar-refractivity contribution is -0.109. The Labute approximate surface area is 214 Å². The molecule has 5 aromatic rings. The van der Waals surface area contributed by atoms with E-state index in [1.54, 1.807) is 27.0 Å². The number of aromatic nitrogens is 5. The maximum atomic E-state index is 9.67. The molecule has 1 atom stereocenters. The van der Waals surface area contributed by atoms with Gasteiger partial charge in [-0.05, 0) is 82.3 Å². The average Bonchev–Trinajstić information content (AvgIpc) is 3.50. The maximum Gasteiger partial charge on any atom is 0.257 e. The van der Waals surface area contributed by atoms with Gasteiger partial charge >= 0.3 is 0 Å². The number of carbonyl (C=O) groups excluding carboxylic acids is 1. The number of pyridine rings is 2. The van der Waals surface area contributed by atoms with E-state index in [-0.39, 0.29) is 6.04 Å². The molecule has 0 spiro atoms. The van der Waals surface area contributed by atoms with Gasteiger partial charge in [0.05, 0.1) is 17.4 Å². The van der Waals surface area contributed by atoms with E-state index in [9.17, 15) is 4.79 Å². The summed E-state index contributed by atoms with van der Waals surface area (Å²) in [4.78, 5) is 23.1. The second-order valence-electron chi connectivity index (χ2n) is 8.29. The highest BCUT2D eigenvalue weighted by atomic mass is 16.5. The summed E-state index contributed by atoms with van der Waals surface area (Å²) in [6.45, 7) is 5.56. The van der Waals surface area contributed by atoms with Gasteiger partial charge in [-0.15, -0.1) is 0 Å². The number of aldehydes is 1. The summed E-state index contributed by atoms with van der Waals surface area (Å²) in [6, 6.07) is 17.3. The summed E-state index contributed by atoms with van der Waals surface area (Å²) in [6.07, 6.45) is 2.84. The Morgan fingerprint density at radius 1 is 1.03 bits per heavy atom. The minimum absolute atomic E-state index is 0.00463. The molecule has 0 saturated heterocycles. The van der Waals surface area contributed by atoms with Crippen LogP contribution in [0.5, 0.6) is 0 Å². The monoisotopic (exact) mass is 493 g/mol. The highest BCUT2D eigenvalue weighted by molar-refractivity contribution is 5.73. The molecule has 0 aliphatic carbocycles. The van der Waals surface area contributed by atoms with Gasteiger partial charge in [0.25, 0.3) is 5.89 Å². The quantitative estimate of drug-likeness (QED) is 0.286. The van der Waals surface area contributed by atoms with Crippen LogP contribution in [0.4, 0.5) is 5.82 Å². The number of aryl methyl sites for hydroxylation is 2. The number of carbonyl (C=O) groups is 1. The van der Waals surface area contributed by atoms with Crippen molar-refractivity contribution in [1.82, 2.24) is 29.8 Å². The molecule has 4 aromatic heterocycles. The molecule has 0 amide bonds. The Morgan fingerprint density at radius 3 is 2.46 bits per heavy atom. The van der Waals surface area contributed by atoms with Gasteiger partial charge in [-0.2, -0.15) is 4.98 Å². The van der Waals surface area contributed by atoms with E-state index in [4.69, 9.17) is 10.3 Å². The molecule has 0 bridgehead atoms. The van der Waals surface area contributed by atoms with E-state index < -0.39 is 0 Å². The lowest BCUT2D eigenvalue weighted by Crippen LogP contribution is -2.21. The highest BCUT2D eigenvalue weighted by Gasteiger charge is 2.15. The Morgan fingerprint density at radius 2 is 1.81 bits per heavy atom. The fourth-order valence-corrected chi connectivity index (χ4v) is 3.51. The van der Waals surface area contributed by atoms with Gasteiger partial charge in [0.2, 0.25) is 0 Å². The first kappa shape index (κ1) is 25.3. The first-order valence-electron chi connectivity index (χ1n) is 11.7. The van der Waals surface area contributed by atoms with Crippen LogP contribution in [0.15, 0.2) is 65.3 Å². The van der Waals surface area contributed by atoms with Crippen molar-refractivity contribution >= 4 is 17.8 Å². The normalized spacial score (nSPS) is 11.2. The zero-order chi connectivity index (χ0) is 26.4. The summed E-state index contributed by atoms with van der Waals surface area (Å²) >= 11 is 0. The van der Waals surface area contributed by atoms with Crippen molar-refractivity contribution < 1.29 is 9.32 Å². The van der Waals surface area contributed by atoms with E-state index in [0.717, 1.165) is 40.0 Å². The highest BCUT2D eigenvalue weighted by Crippen LogP contribution is 2.27. The van der Waals surface area contributed by atoms with Gasteiger partial charge in [-0.1, -0.05) is 17.1 Å². The molecule has 37 heavy (non-hydrogen) atoms. The number of nitrogens with two attached hydrogens (primary N) is 1. The smallest absolute Gasteiger partial charge is 0.257 e. The molecule has 0 saturated carbocycles. The van der Waals surface area contributed by atoms with Crippen LogP contribution >= 0.6 is 0 Å². The van der Waals surface area contributed by atoms with Gasteiger partial charge in [0, 0.05) is 22.9 Å². The van der Waals surface area contributed by atoms with Gasteiger partial charge in [-0.3, -0.25) is 4.40 Å². The van der Waals surface area contributed by atoms with Crippen molar-refractivity contribution in [3.63, 3.8) is 0 Å². The van der Waals surface area contributed by atoms with Crippen LogP contribution in [0.3, 0.4) is 0 Å². The molecule has 0 fully saturated rings. The second-order valence-corrected chi connectivity index (χ2v) is 8.29. The molecule has 1 unspecified atom stereocenters. The molecule has 0 radical (unpaired) electrons. The zero-order valence-corrected chi connectivity index (χ0v) is 21.1. The summed E-state index contributed by atoms with van der Waals surface area (Å²) in [5.74, 6) is 7.86. The average molecular weight is 494 g/mol. The van der Waals surface area contributed by atoms with Crippen molar-refractivity contribution in [2.75, 3.05) is 12.8 Å². The molecule has 1 aromatic carbocycles. The van der Waals surface area contributed by atoms with Crippen LogP contribution in [0.1, 0.15) is 29.7 Å². The summed E-state index contributed by atoms with van der Waals surface area (Å²) in [5, 5.41) is 6.57. The molecule has 0 aliphatic rings. The van der Waals surface area contributed by atoms with Crippen molar-refractivity contribution in [3.05, 3.63) is 83.6 Å². The Bertz CT molecular complexity index is 1590. The first-order chi connectivity index (χ1) is 17.9. The number of nitrogens with zero attached hydrogens (tertiary/aromatic N) is 5. The Kier molecular flexibility index (Phi) is 7.71. The minimum Gasteiger partial charge on any atom is -0.384 e. The topological polar surface area (TPSA) is 124 Å². The number of imidazole rings is 1. The SMILES string of the molecule is CNC(C)C=O.Cc1noc(-c2ccc(C#Cc3nc(N)ccc3-c3c(C)nc4ccccn34)cc2)n1. The van der Waals surface area contributed by atoms with Crippen molar-refractivity contribution in [2.45, 2.75) is 26.8 Å². The standard InChI is InChI=1S/C24H18N6O.C4H9NO/c1-15-23(30-14-4-3-5-22(30)26-15)19-11-13-21(25)28-20(19)12-8-17-6-9-18(10-7-17)24-27-16(2)29-31-24;1-4(3-6)5-2/h3-7,9-11,13-14H,1-2H3,(H2,25,28);3-5H,1-2H3. The minimum atomic E-state index is 0.00463. The molecule has 4 heterocycles. The lowest BCUT2D eigenvalue weighted by Gasteiger charge is -2.06. The molecule has 186 valence electrons. The fraction of sp³-hybridized carbons (Fsp3) is 0.179. The van der Waals surface area contributed by atoms with Crippen LogP contribution in [0, 0.1) is 25.7 Å². The molecule has 5 rings (SSSR count). The van der Waals surface area contributed by atoms with E-state index in [0.29, 0.717) is 23.2 Å². The summed E-state index contributed by atoms with van der Waals surface area (Å²) < 4.78 is 7.24. The number of rotatable bonds is 4. The molecular formula is C28H27N7O2. The van der Waals surface area contributed by atoms with Crippen LogP contribution in [-0.4, -0.2) is 43.9 Å². The van der Waals surface area contributed by atoms with Gasteiger partial charge in [0.15, 0.2) is 5.82 Å². The lowest BCUT2D eigenvalue weighted by atomic mass is 10.1. The van der Waals surface area contributed by atoms with Crippen LogP contribution in [-0.2, 0) is 4.79 Å². The van der Waals surface area contributed by atoms with Gasteiger partial charge < -0.3 is 20.4 Å². The van der Waals surface area contributed by atoms with E-state index in [1.807, 2.05) is 66.1 Å². The number of nitrogens with one attached hydrogen (secondary N) is 1. The maximum absolute atomic E-state index is 9.67. The number of fused-ring (bicyclic) bond motifs is 1. The second kappa shape index (κ2) is 11.3. The number of hydrogen-bond acceptors (Lipinski definition) is 8. The number of likely N-dealkylation sites (N-methyl/N-ethyl adjacent to an activating group) is 1. The Balaban J connectivity index is 0.000000480. The summed E-state index contributed by atoms with van der Waals surface area (Å²) in [5.41, 5.74) is 11.9. The molecule has 9 nitrogen and oxygen atoms in total. The van der Waals surface area contributed by atoms with Crippen molar-refractivity contribution in [1.29, 1.82) is 0 Å². The van der Waals surface area contributed by atoms with Crippen molar-refractivity contribution in [3.8, 4) is 34.6 Å². The van der Waals surface area contributed by atoms with E-state index in [1.165, 1.54) is 0 Å². The van der Waals surface area contributed by atoms with Crippen molar-refractivity contribution in [2.24, 2.45) is 0 Å². The van der Waals surface area contributed by atoms with Crippen LogP contribution in [0.25, 0.3) is 28.4 Å². The fourth-order valence-electron chi connectivity index (χ4n) is 3.51. The number of anilines is 1.